The quantitative estimate of drug-likeness (QED) is 0.793. The fourth-order valence-corrected chi connectivity index (χ4v) is 6.34. The van der Waals surface area contributed by atoms with Gasteiger partial charge in [0.1, 0.15) is 0 Å². The van der Waals surface area contributed by atoms with Gasteiger partial charge in [-0.15, -0.1) is 0 Å². The predicted molar refractivity (Wildman–Crippen MR) is 106 cm³/mol. The fraction of sp³-hybridized carbons (Fsp3) is 0.909. The topological polar surface area (TPSA) is 69.6 Å². The van der Waals surface area contributed by atoms with E-state index in [2.05, 4.69) is 19.2 Å². The second-order valence-corrected chi connectivity index (χ2v) is 9.75. The molecule has 2 aliphatic carbocycles. The van der Waals surface area contributed by atoms with E-state index in [1.165, 1.54) is 6.42 Å². The second-order valence-electron chi connectivity index (χ2n) is 9.75. The van der Waals surface area contributed by atoms with Crippen LogP contribution < -0.4 is 5.32 Å². The summed E-state index contributed by atoms with van der Waals surface area (Å²) >= 11 is 0. The Morgan fingerprint density at radius 2 is 1.78 bits per heavy atom. The van der Waals surface area contributed by atoms with Crippen LogP contribution in [0.25, 0.3) is 0 Å². The first-order valence-corrected chi connectivity index (χ1v) is 11.0. The van der Waals surface area contributed by atoms with Crippen molar-refractivity contribution in [3.8, 4) is 0 Å². The highest BCUT2D eigenvalue weighted by Gasteiger charge is 2.54. The average molecular weight is 379 g/mol. The standard InChI is InChI=1S/C22H38N2O3/c1-14(21(27)24-12-6-5-7-13-24)17-8-10-22(4)11-9-18(23-16(3)25)15(2)19(22)20(17)26/h14-15,17-20,26H,5-13H2,1-4H3,(H,23,25)/t14-,15+,17?,18-,19+,20-,22-/m0/s1. The summed E-state index contributed by atoms with van der Waals surface area (Å²) in [7, 11) is 0. The van der Waals surface area contributed by atoms with Gasteiger partial charge >= 0.3 is 0 Å². The van der Waals surface area contributed by atoms with Crippen molar-refractivity contribution in [1.82, 2.24) is 10.2 Å². The number of hydrogen-bond acceptors (Lipinski definition) is 3. The minimum absolute atomic E-state index is 0.00551. The first kappa shape index (κ1) is 20.6. The minimum Gasteiger partial charge on any atom is -0.392 e. The summed E-state index contributed by atoms with van der Waals surface area (Å²) in [5, 5.41) is 14.5. The van der Waals surface area contributed by atoms with Crippen LogP contribution in [0.15, 0.2) is 0 Å². The second kappa shape index (κ2) is 8.10. The summed E-state index contributed by atoms with van der Waals surface area (Å²) in [5.74, 6) is 0.489. The molecule has 3 fully saturated rings. The maximum atomic E-state index is 13.0. The zero-order valence-electron chi connectivity index (χ0n) is 17.5. The summed E-state index contributed by atoms with van der Waals surface area (Å²) in [6.45, 7) is 9.80. The SMILES string of the molecule is CC(=O)N[C@H]1CC[C@]2(C)CCC([C@H](C)C(=O)N3CCCCC3)[C@H](O)[C@H]2[C@@H]1C. The van der Waals surface area contributed by atoms with E-state index in [1.807, 2.05) is 11.8 Å². The van der Waals surface area contributed by atoms with Crippen molar-refractivity contribution < 1.29 is 14.7 Å². The number of carbonyl (C=O) groups is 2. The molecule has 7 atom stereocenters. The van der Waals surface area contributed by atoms with Crippen LogP contribution in [-0.2, 0) is 9.59 Å². The molecule has 5 heteroatoms. The van der Waals surface area contributed by atoms with Crippen molar-refractivity contribution in [2.24, 2.45) is 29.1 Å². The molecule has 1 unspecified atom stereocenters. The van der Waals surface area contributed by atoms with Gasteiger partial charge in [0.15, 0.2) is 0 Å². The molecule has 27 heavy (non-hydrogen) atoms. The number of likely N-dealkylation sites (tertiary alicyclic amines) is 1. The first-order chi connectivity index (χ1) is 12.7. The molecule has 3 aliphatic rings. The van der Waals surface area contributed by atoms with Crippen LogP contribution in [0.1, 0.15) is 72.6 Å². The molecular weight excluding hydrogens is 340 g/mol. The normalized spacial score (nSPS) is 40.8. The summed E-state index contributed by atoms with van der Waals surface area (Å²) in [6.07, 6.45) is 6.94. The number of rotatable bonds is 3. The van der Waals surface area contributed by atoms with Crippen molar-refractivity contribution in [1.29, 1.82) is 0 Å². The lowest BCUT2D eigenvalue weighted by molar-refractivity contribution is -0.151. The molecule has 0 radical (unpaired) electrons. The van der Waals surface area contributed by atoms with Crippen LogP contribution in [0.3, 0.4) is 0 Å². The van der Waals surface area contributed by atoms with Gasteiger partial charge in [0.25, 0.3) is 0 Å². The number of aliphatic hydroxyl groups is 1. The Hall–Kier alpha value is -1.10. The summed E-state index contributed by atoms with van der Waals surface area (Å²) in [5.41, 5.74) is 0.109. The summed E-state index contributed by atoms with van der Waals surface area (Å²) < 4.78 is 0. The molecule has 1 saturated heterocycles. The van der Waals surface area contributed by atoms with Gasteiger partial charge in [-0.25, -0.2) is 0 Å². The molecule has 0 spiro atoms. The third-order valence-electron chi connectivity index (χ3n) is 7.98. The Kier molecular flexibility index (Phi) is 6.19. The van der Waals surface area contributed by atoms with Gasteiger partial charge < -0.3 is 15.3 Å². The predicted octanol–water partition coefficient (Wildman–Crippen LogP) is 2.96. The van der Waals surface area contributed by atoms with E-state index in [9.17, 15) is 14.7 Å². The zero-order valence-corrected chi connectivity index (χ0v) is 17.5. The maximum Gasteiger partial charge on any atom is 0.225 e. The molecule has 154 valence electrons. The fourth-order valence-electron chi connectivity index (χ4n) is 6.34. The Morgan fingerprint density at radius 3 is 2.41 bits per heavy atom. The van der Waals surface area contributed by atoms with E-state index in [1.54, 1.807) is 6.92 Å². The van der Waals surface area contributed by atoms with Crippen LogP contribution in [0.2, 0.25) is 0 Å². The van der Waals surface area contributed by atoms with Crippen LogP contribution >= 0.6 is 0 Å². The molecule has 5 nitrogen and oxygen atoms in total. The molecule has 0 aromatic heterocycles. The van der Waals surface area contributed by atoms with Gasteiger partial charge in [-0.3, -0.25) is 9.59 Å². The van der Waals surface area contributed by atoms with Gasteiger partial charge in [-0.1, -0.05) is 20.8 Å². The number of nitrogens with one attached hydrogen (secondary N) is 1. The van der Waals surface area contributed by atoms with Crippen LogP contribution in [0.5, 0.6) is 0 Å². The van der Waals surface area contributed by atoms with Gasteiger partial charge in [-0.05, 0) is 68.1 Å². The number of fused-ring (bicyclic) bond motifs is 1. The number of amides is 2. The third-order valence-corrected chi connectivity index (χ3v) is 7.98. The highest BCUT2D eigenvalue weighted by molar-refractivity contribution is 5.79. The van der Waals surface area contributed by atoms with E-state index in [0.29, 0.717) is 0 Å². The van der Waals surface area contributed by atoms with Crippen molar-refractivity contribution in [3.63, 3.8) is 0 Å². The van der Waals surface area contributed by atoms with Crippen molar-refractivity contribution in [2.75, 3.05) is 13.1 Å². The van der Waals surface area contributed by atoms with Crippen molar-refractivity contribution in [2.45, 2.75) is 84.8 Å². The van der Waals surface area contributed by atoms with E-state index in [4.69, 9.17) is 0 Å². The van der Waals surface area contributed by atoms with Crippen molar-refractivity contribution >= 4 is 11.8 Å². The van der Waals surface area contributed by atoms with Gasteiger partial charge in [0.2, 0.25) is 11.8 Å². The van der Waals surface area contributed by atoms with Crippen molar-refractivity contribution in [3.05, 3.63) is 0 Å². The van der Waals surface area contributed by atoms with E-state index < -0.39 is 6.10 Å². The largest absolute Gasteiger partial charge is 0.392 e. The zero-order chi connectivity index (χ0) is 19.8. The third kappa shape index (κ3) is 4.03. The molecule has 0 aromatic carbocycles. The number of hydrogen-bond donors (Lipinski definition) is 2. The van der Waals surface area contributed by atoms with Gasteiger partial charge in [0.05, 0.1) is 6.10 Å². The monoisotopic (exact) mass is 378 g/mol. The molecule has 2 amide bonds. The minimum atomic E-state index is -0.473. The molecule has 0 bridgehead atoms. The Bertz CT molecular complexity index is 560. The summed E-state index contributed by atoms with van der Waals surface area (Å²) in [4.78, 5) is 26.6. The number of carbonyl (C=O) groups excluding carboxylic acids is 2. The van der Waals surface area contributed by atoms with E-state index in [0.717, 1.165) is 51.6 Å². The number of piperidine rings is 1. The van der Waals surface area contributed by atoms with E-state index >= 15 is 0 Å². The van der Waals surface area contributed by atoms with Crippen LogP contribution in [0, 0.1) is 29.1 Å². The van der Waals surface area contributed by atoms with Gasteiger partial charge in [0, 0.05) is 32.0 Å². The summed E-state index contributed by atoms with van der Waals surface area (Å²) in [6, 6.07) is 0.127. The van der Waals surface area contributed by atoms with Crippen LogP contribution in [-0.4, -0.2) is 47.1 Å². The first-order valence-electron chi connectivity index (χ1n) is 11.0. The molecule has 2 saturated carbocycles. The highest BCUT2D eigenvalue weighted by Crippen LogP contribution is 2.55. The lowest BCUT2D eigenvalue weighted by Crippen LogP contribution is -2.58. The average Bonchev–Trinajstić information content (AvgIpc) is 2.64. The molecule has 2 N–H and O–H groups in total. The lowest BCUT2D eigenvalue weighted by atomic mass is 9.51. The molecular formula is C22H38N2O3. The molecule has 0 aromatic rings. The van der Waals surface area contributed by atoms with Gasteiger partial charge in [-0.2, -0.15) is 0 Å². The Labute approximate surface area is 164 Å². The van der Waals surface area contributed by atoms with Crippen LogP contribution in [0.4, 0.5) is 0 Å². The number of nitrogens with zero attached hydrogens (tertiary/aromatic N) is 1. The van der Waals surface area contributed by atoms with E-state index in [-0.39, 0.29) is 46.9 Å². The number of aliphatic hydroxyl groups excluding tert-OH is 1. The Balaban J connectivity index is 1.74. The molecule has 3 rings (SSSR count). The Morgan fingerprint density at radius 1 is 1.15 bits per heavy atom. The highest BCUT2D eigenvalue weighted by atomic mass is 16.3. The lowest BCUT2D eigenvalue weighted by Gasteiger charge is -2.56. The maximum absolute atomic E-state index is 13.0. The molecule has 1 aliphatic heterocycles. The molecule has 1 heterocycles. The smallest absolute Gasteiger partial charge is 0.225 e.